The minimum Gasteiger partial charge on any atom is -0.435 e. The predicted molar refractivity (Wildman–Crippen MR) is 103 cm³/mol. The number of hydrogen-bond donors (Lipinski definition) is 1. The quantitative estimate of drug-likeness (QED) is 0.574. The summed E-state index contributed by atoms with van der Waals surface area (Å²) < 4.78 is 80.0. The molecule has 2 heterocycles. The van der Waals surface area contributed by atoms with Crippen molar-refractivity contribution >= 4 is 48.9 Å². The third kappa shape index (κ3) is 4.16. The van der Waals surface area contributed by atoms with Crippen LogP contribution in [0.3, 0.4) is 0 Å². The van der Waals surface area contributed by atoms with E-state index in [1.165, 1.54) is 25.3 Å². The van der Waals surface area contributed by atoms with Crippen LogP contribution in [0.15, 0.2) is 44.7 Å². The third-order valence-corrected chi connectivity index (χ3v) is 6.92. The second kappa shape index (κ2) is 7.46. The third-order valence-electron chi connectivity index (χ3n) is 3.84. The molecule has 29 heavy (non-hydrogen) atoms. The van der Waals surface area contributed by atoms with E-state index in [2.05, 4.69) is 9.97 Å². The van der Waals surface area contributed by atoms with Gasteiger partial charge in [0, 0.05) is 11.8 Å². The number of pyridine rings is 1. The first-order valence-electron chi connectivity index (χ1n) is 7.86. The van der Waals surface area contributed by atoms with Gasteiger partial charge in [0.05, 0.1) is 15.5 Å². The molecule has 0 aliphatic heterocycles. The van der Waals surface area contributed by atoms with Crippen molar-refractivity contribution in [3.63, 3.8) is 0 Å². The number of sulfone groups is 1. The Morgan fingerprint density at radius 1 is 1.31 bits per heavy atom. The summed E-state index contributed by atoms with van der Waals surface area (Å²) in [5.41, 5.74) is 0.724. The number of nitrogens with two attached hydrogens (primary N) is 1. The Bertz CT molecular complexity index is 1250. The van der Waals surface area contributed by atoms with Crippen LogP contribution in [0.5, 0.6) is 0 Å². The van der Waals surface area contributed by atoms with E-state index < -0.39 is 31.0 Å². The van der Waals surface area contributed by atoms with Gasteiger partial charge in [0.15, 0.2) is 26.2 Å². The van der Waals surface area contributed by atoms with Crippen LogP contribution in [0.25, 0.3) is 22.7 Å². The van der Waals surface area contributed by atoms with Crippen molar-refractivity contribution in [2.24, 2.45) is 5.73 Å². The zero-order valence-corrected chi connectivity index (χ0v) is 17.0. The molecule has 13 heteroatoms. The molecule has 0 aliphatic carbocycles. The minimum absolute atomic E-state index is 0.0323. The fourth-order valence-corrected chi connectivity index (χ4v) is 4.23. The zero-order valence-electron chi connectivity index (χ0n) is 14.6. The summed E-state index contributed by atoms with van der Waals surface area (Å²) in [6, 6.07) is 4.36. The Kier molecular flexibility index (Phi) is 5.49. The monoisotopic (exact) mass is 463 g/mol. The normalized spacial score (nSPS) is 13.5. The van der Waals surface area contributed by atoms with Crippen LogP contribution in [0.2, 0.25) is 0 Å². The van der Waals surface area contributed by atoms with Gasteiger partial charge in [-0.1, -0.05) is 19.1 Å². The standard InChI is InChI=1S/C16H12F3N3O4S3/c1-2-29(24,25)12-5-8(14(20)27)7-21-13(12)15-22-10-6-9(3-4-11(10)26-15)28(23)16(17,18)19/h3-7H,2H2,1H3,(H2,20,27). The fourth-order valence-electron chi connectivity index (χ4n) is 2.39. The number of hydrogen-bond acceptors (Lipinski definition) is 7. The molecule has 0 bridgehead atoms. The van der Waals surface area contributed by atoms with Gasteiger partial charge in [0.25, 0.3) is 0 Å². The number of rotatable bonds is 5. The largest absolute Gasteiger partial charge is 0.475 e. The van der Waals surface area contributed by atoms with Crippen molar-refractivity contribution in [2.45, 2.75) is 22.2 Å². The zero-order chi connectivity index (χ0) is 21.6. The summed E-state index contributed by atoms with van der Waals surface area (Å²) in [4.78, 5) is 7.27. The van der Waals surface area contributed by atoms with Crippen LogP contribution in [0.4, 0.5) is 13.2 Å². The molecule has 2 aromatic heterocycles. The highest BCUT2D eigenvalue weighted by atomic mass is 32.2. The molecule has 0 aliphatic rings. The second-order valence-electron chi connectivity index (χ2n) is 5.70. The highest BCUT2D eigenvalue weighted by Gasteiger charge is 2.38. The first kappa shape index (κ1) is 21.3. The van der Waals surface area contributed by atoms with Gasteiger partial charge in [-0.2, -0.15) is 13.2 Å². The van der Waals surface area contributed by atoms with Crippen molar-refractivity contribution in [1.29, 1.82) is 0 Å². The molecular weight excluding hydrogens is 451 g/mol. The van der Waals surface area contributed by atoms with Crippen LogP contribution >= 0.6 is 12.2 Å². The molecule has 0 saturated carbocycles. The summed E-state index contributed by atoms with van der Waals surface area (Å²) >= 11 is 4.85. The predicted octanol–water partition coefficient (Wildman–Crippen LogP) is 2.95. The molecule has 2 N–H and O–H groups in total. The first-order valence-corrected chi connectivity index (χ1v) is 11.1. The van der Waals surface area contributed by atoms with Crippen molar-refractivity contribution in [2.75, 3.05) is 5.75 Å². The Morgan fingerprint density at radius 3 is 2.59 bits per heavy atom. The lowest BCUT2D eigenvalue weighted by atomic mass is 10.2. The number of fused-ring (bicyclic) bond motifs is 1. The Balaban J connectivity index is 2.18. The number of alkyl halides is 3. The van der Waals surface area contributed by atoms with E-state index in [-0.39, 0.29) is 43.9 Å². The van der Waals surface area contributed by atoms with E-state index in [1.54, 1.807) is 0 Å². The van der Waals surface area contributed by atoms with E-state index >= 15 is 0 Å². The number of thiocarbonyl (C=S) groups is 1. The van der Waals surface area contributed by atoms with E-state index in [0.717, 1.165) is 12.1 Å². The highest BCUT2D eigenvalue weighted by Crippen LogP contribution is 2.32. The molecule has 0 spiro atoms. The smallest absolute Gasteiger partial charge is 0.435 e. The molecule has 0 radical (unpaired) electrons. The van der Waals surface area contributed by atoms with Gasteiger partial charge in [0.2, 0.25) is 5.89 Å². The summed E-state index contributed by atoms with van der Waals surface area (Å²) in [7, 11) is -7.03. The number of benzene rings is 1. The number of nitrogens with zero attached hydrogens (tertiary/aromatic N) is 2. The minimum atomic E-state index is -4.93. The number of oxazole rings is 1. The maximum Gasteiger partial charge on any atom is 0.475 e. The van der Waals surface area contributed by atoms with Gasteiger partial charge in [-0.15, -0.1) is 0 Å². The van der Waals surface area contributed by atoms with Crippen LogP contribution in [-0.2, 0) is 20.6 Å². The van der Waals surface area contributed by atoms with Crippen molar-refractivity contribution in [1.82, 2.24) is 9.97 Å². The lowest BCUT2D eigenvalue weighted by Gasteiger charge is -2.08. The molecule has 3 rings (SSSR count). The van der Waals surface area contributed by atoms with Gasteiger partial charge in [0.1, 0.15) is 16.2 Å². The molecule has 1 atom stereocenters. The molecule has 3 aromatic rings. The topological polar surface area (TPSA) is 116 Å². The van der Waals surface area contributed by atoms with Crippen molar-refractivity contribution < 1.29 is 30.2 Å². The number of halogens is 3. The van der Waals surface area contributed by atoms with Crippen LogP contribution in [-0.4, -0.2) is 38.8 Å². The highest BCUT2D eigenvalue weighted by molar-refractivity contribution is 7.91. The Labute approximate surface area is 170 Å². The SMILES string of the molecule is CCS(=O)(=O)c1cc(C(N)=S)cnc1-c1nc2cc(S(=O)C(F)(F)F)ccc2o1. The van der Waals surface area contributed by atoms with Crippen molar-refractivity contribution in [3.8, 4) is 11.6 Å². The maximum absolute atomic E-state index is 12.7. The number of aromatic nitrogens is 2. The molecule has 0 fully saturated rings. The summed E-state index contributed by atoms with van der Waals surface area (Å²) in [5.74, 6) is -0.478. The Hall–Kier alpha value is -2.38. The molecule has 1 aromatic carbocycles. The summed E-state index contributed by atoms with van der Waals surface area (Å²) in [6.07, 6.45) is 1.24. The summed E-state index contributed by atoms with van der Waals surface area (Å²) in [6.45, 7) is 1.43. The lowest BCUT2D eigenvalue weighted by molar-refractivity contribution is -0.0384. The maximum atomic E-state index is 12.7. The van der Waals surface area contributed by atoms with E-state index in [9.17, 15) is 25.8 Å². The van der Waals surface area contributed by atoms with Crippen LogP contribution in [0, 0.1) is 0 Å². The van der Waals surface area contributed by atoms with Gasteiger partial charge >= 0.3 is 5.51 Å². The van der Waals surface area contributed by atoms with Gasteiger partial charge < -0.3 is 10.2 Å². The van der Waals surface area contributed by atoms with Gasteiger partial charge in [-0.05, 0) is 24.3 Å². The Morgan fingerprint density at radius 2 is 2.00 bits per heavy atom. The molecule has 0 saturated heterocycles. The van der Waals surface area contributed by atoms with Gasteiger partial charge in [-0.3, -0.25) is 0 Å². The molecule has 1 unspecified atom stereocenters. The average molecular weight is 463 g/mol. The first-order chi connectivity index (χ1) is 13.4. The fraction of sp³-hybridized carbons (Fsp3) is 0.188. The molecule has 0 amide bonds. The summed E-state index contributed by atoms with van der Waals surface area (Å²) in [5, 5.41) is 0. The van der Waals surface area contributed by atoms with E-state index in [4.69, 9.17) is 22.4 Å². The molecule has 7 nitrogen and oxygen atoms in total. The average Bonchev–Trinajstić information content (AvgIpc) is 3.09. The van der Waals surface area contributed by atoms with Crippen LogP contribution < -0.4 is 5.73 Å². The van der Waals surface area contributed by atoms with E-state index in [1.807, 2.05) is 0 Å². The van der Waals surface area contributed by atoms with E-state index in [0.29, 0.717) is 0 Å². The van der Waals surface area contributed by atoms with Crippen LogP contribution in [0.1, 0.15) is 12.5 Å². The molecule has 154 valence electrons. The van der Waals surface area contributed by atoms with Gasteiger partial charge in [-0.25, -0.2) is 22.6 Å². The van der Waals surface area contributed by atoms with Crippen molar-refractivity contribution in [3.05, 3.63) is 36.0 Å². The lowest BCUT2D eigenvalue weighted by Crippen LogP contribution is -2.16. The molecular formula is C16H12F3N3O4S3. The second-order valence-corrected chi connectivity index (χ2v) is 9.86.